The molecule has 0 spiro atoms. The summed E-state index contributed by atoms with van der Waals surface area (Å²) < 4.78 is 4.36. The molecule has 0 aliphatic carbocycles. The van der Waals surface area contributed by atoms with Crippen LogP contribution in [0.3, 0.4) is 0 Å². The first kappa shape index (κ1) is 5.55. The SMILES string of the molecule is Clc1ncnc2nonc12. The highest BCUT2D eigenvalue weighted by Crippen LogP contribution is 2.13. The van der Waals surface area contributed by atoms with Crippen LogP contribution in [0.1, 0.15) is 0 Å². The minimum atomic E-state index is 0.256. The van der Waals surface area contributed by atoms with Crippen molar-refractivity contribution in [3.05, 3.63) is 11.5 Å². The van der Waals surface area contributed by atoms with Crippen molar-refractivity contribution in [2.75, 3.05) is 0 Å². The molecular weight excluding hydrogens is 156 g/mol. The molecule has 0 aliphatic rings. The van der Waals surface area contributed by atoms with E-state index in [-0.39, 0.29) is 5.15 Å². The highest BCUT2D eigenvalue weighted by atomic mass is 35.5. The van der Waals surface area contributed by atoms with Gasteiger partial charge in [0.1, 0.15) is 6.33 Å². The maximum Gasteiger partial charge on any atom is 0.228 e. The van der Waals surface area contributed by atoms with E-state index in [4.69, 9.17) is 11.6 Å². The number of rotatable bonds is 0. The maximum atomic E-state index is 5.58. The Hall–Kier alpha value is -1.23. The van der Waals surface area contributed by atoms with Crippen LogP contribution in [0.2, 0.25) is 5.15 Å². The molecule has 0 N–H and O–H groups in total. The molecule has 0 atom stereocenters. The molecule has 0 aromatic carbocycles. The van der Waals surface area contributed by atoms with E-state index in [9.17, 15) is 0 Å². The Balaban J connectivity index is 2.95. The van der Waals surface area contributed by atoms with Gasteiger partial charge in [-0.05, 0) is 10.3 Å². The summed E-state index contributed by atoms with van der Waals surface area (Å²) in [4.78, 5) is 7.41. The molecule has 5 nitrogen and oxygen atoms in total. The van der Waals surface area contributed by atoms with Crippen molar-refractivity contribution in [3.8, 4) is 0 Å². The van der Waals surface area contributed by atoms with Crippen molar-refractivity contribution >= 4 is 22.8 Å². The van der Waals surface area contributed by atoms with Crippen LogP contribution in [-0.4, -0.2) is 20.3 Å². The quantitative estimate of drug-likeness (QED) is 0.525. The summed E-state index contributed by atoms with van der Waals surface area (Å²) in [5.74, 6) is 0. The third-order valence-corrected chi connectivity index (χ3v) is 1.29. The first-order valence-corrected chi connectivity index (χ1v) is 2.84. The van der Waals surface area contributed by atoms with Gasteiger partial charge in [-0.3, -0.25) is 0 Å². The van der Waals surface area contributed by atoms with Crippen molar-refractivity contribution < 1.29 is 4.63 Å². The average molecular weight is 157 g/mol. The Bertz CT molecular complexity index is 359. The van der Waals surface area contributed by atoms with Gasteiger partial charge in [0.2, 0.25) is 5.65 Å². The van der Waals surface area contributed by atoms with Crippen LogP contribution in [0.4, 0.5) is 0 Å². The highest BCUT2D eigenvalue weighted by molar-refractivity contribution is 6.33. The topological polar surface area (TPSA) is 64.7 Å². The van der Waals surface area contributed by atoms with E-state index >= 15 is 0 Å². The standard InChI is InChI=1S/C4HClN4O/c5-3-2-4(7-1-6-3)9-10-8-2/h1H. The second-order valence-corrected chi connectivity index (χ2v) is 1.96. The van der Waals surface area contributed by atoms with Gasteiger partial charge in [0.25, 0.3) is 0 Å². The molecule has 0 bridgehead atoms. The number of fused-ring (bicyclic) bond motifs is 1. The summed E-state index contributed by atoms with van der Waals surface area (Å²) in [6, 6.07) is 0. The minimum Gasteiger partial charge on any atom is -0.242 e. The lowest BCUT2D eigenvalue weighted by Gasteiger charge is -1.82. The van der Waals surface area contributed by atoms with E-state index in [1.807, 2.05) is 0 Å². The van der Waals surface area contributed by atoms with Gasteiger partial charge >= 0.3 is 0 Å². The van der Waals surface area contributed by atoms with Gasteiger partial charge in [-0.15, -0.1) is 0 Å². The Labute approximate surface area is 60.0 Å². The van der Waals surface area contributed by atoms with Crippen LogP contribution in [0.5, 0.6) is 0 Å². The van der Waals surface area contributed by atoms with Gasteiger partial charge in [-0.2, -0.15) is 0 Å². The number of hydrogen-bond acceptors (Lipinski definition) is 5. The van der Waals surface area contributed by atoms with Crippen molar-refractivity contribution in [1.29, 1.82) is 0 Å². The summed E-state index contributed by atoms with van der Waals surface area (Å²) in [5.41, 5.74) is 0.768. The summed E-state index contributed by atoms with van der Waals surface area (Å²) in [5, 5.41) is 7.19. The Morgan fingerprint density at radius 1 is 1.30 bits per heavy atom. The molecule has 2 heterocycles. The van der Waals surface area contributed by atoms with Crippen LogP contribution in [-0.2, 0) is 0 Å². The van der Waals surface area contributed by atoms with E-state index in [1.54, 1.807) is 0 Å². The number of nitrogens with zero attached hydrogens (tertiary/aromatic N) is 4. The van der Waals surface area contributed by atoms with Crippen LogP contribution < -0.4 is 0 Å². The van der Waals surface area contributed by atoms with E-state index in [2.05, 4.69) is 24.9 Å². The van der Waals surface area contributed by atoms with Gasteiger partial charge in [-0.25, -0.2) is 14.6 Å². The third kappa shape index (κ3) is 0.640. The van der Waals surface area contributed by atoms with Crippen LogP contribution in [0.25, 0.3) is 11.2 Å². The monoisotopic (exact) mass is 156 g/mol. The fourth-order valence-corrected chi connectivity index (χ4v) is 0.757. The number of aromatic nitrogens is 4. The van der Waals surface area contributed by atoms with Crippen molar-refractivity contribution in [2.24, 2.45) is 0 Å². The fourth-order valence-electron chi connectivity index (χ4n) is 0.594. The molecule has 0 amide bonds. The van der Waals surface area contributed by atoms with Crippen molar-refractivity contribution in [3.63, 3.8) is 0 Å². The van der Waals surface area contributed by atoms with Gasteiger partial charge in [0, 0.05) is 0 Å². The second kappa shape index (κ2) is 1.88. The number of halogens is 1. The molecule has 0 radical (unpaired) electrons. The van der Waals surface area contributed by atoms with Crippen molar-refractivity contribution in [1.82, 2.24) is 20.3 Å². The zero-order chi connectivity index (χ0) is 6.97. The molecular formula is C4HClN4O. The van der Waals surface area contributed by atoms with E-state index in [0.29, 0.717) is 11.2 Å². The summed E-state index contributed by atoms with van der Waals surface area (Å²) >= 11 is 5.58. The van der Waals surface area contributed by atoms with Crippen LogP contribution in [0, 0.1) is 0 Å². The Morgan fingerprint density at radius 3 is 3.00 bits per heavy atom. The second-order valence-electron chi connectivity index (χ2n) is 1.60. The highest BCUT2D eigenvalue weighted by Gasteiger charge is 2.04. The van der Waals surface area contributed by atoms with Gasteiger partial charge in [0.05, 0.1) is 0 Å². The zero-order valence-corrected chi connectivity index (χ0v) is 5.41. The lowest BCUT2D eigenvalue weighted by atomic mass is 10.6. The molecule has 2 rings (SSSR count). The predicted molar refractivity (Wildman–Crippen MR) is 32.4 cm³/mol. The van der Waals surface area contributed by atoms with Crippen LogP contribution in [0.15, 0.2) is 11.0 Å². The summed E-state index contributed by atoms with van der Waals surface area (Å²) in [6.45, 7) is 0. The average Bonchev–Trinajstić information content (AvgIpc) is 2.36. The summed E-state index contributed by atoms with van der Waals surface area (Å²) in [6.07, 6.45) is 1.30. The van der Waals surface area contributed by atoms with Crippen molar-refractivity contribution in [2.45, 2.75) is 0 Å². The normalized spacial score (nSPS) is 10.5. The molecule has 0 aliphatic heterocycles. The fraction of sp³-hybridized carbons (Fsp3) is 0. The largest absolute Gasteiger partial charge is 0.242 e. The first-order valence-electron chi connectivity index (χ1n) is 2.46. The summed E-state index contributed by atoms with van der Waals surface area (Å²) in [7, 11) is 0. The molecule has 0 saturated carbocycles. The van der Waals surface area contributed by atoms with E-state index < -0.39 is 0 Å². The Kier molecular flexibility index (Phi) is 1.04. The van der Waals surface area contributed by atoms with E-state index in [1.165, 1.54) is 6.33 Å². The molecule has 2 aromatic heterocycles. The Morgan fingerprint density at radius 2 is 2.20 bits per heavy atom. The molecule has 10 heavy (non-hydrogen) atoms. The van der Waals surface area contributed by atoms with Gasteiger partial charge in [-0.1, -0.05) is 11.6 Å². The molecule has 6 heteroatoms. The molecule has 0 fully saturated rings. The predicted octanol–water partition coefficient (Wildman–Crippen LogP) is 0.666. The molecule has 0 saturated heterocycles. The maximum absolute atomic E-state index is 5.58. The van der Waals surface area contributed by atoms with Crippen LogP contribution >= 0.6 is 11.6 Å². The molecule has 0 unspecified atom stereocenters. The first-order chi connectivity index (χ1) is 4.88. The lowest BCUT2D eigenvalue weighted by molar-refractivity contribution is 0.315. The zero-order valence-electron chi connectivity index (χ0n) is 4.65. The van der Waals surface area contributed by atoms with Gasteiger partial charge in [0.15, 0.2) is 10.7 Å². The third-order valence-electron chi connectivity index (χ3n) is 1.02. The lowest BCUT2D eigenvalue weighted by Crippen LogP contribution is -1.80. The minimum absolute atomic E-state index is 0.256. The van der Waals surface area contributed by atoms with E-state index in [0.717, 1.165) is 0 Å². The molecule has 50 valence electrons. The van der Waals surface area contributed by atoms with Gasteiger partial charge < -0.3 is 0 Å². The number of hydrogen-bond donors (Lipinski definition) is 0. The smallest absolute Gasteiger partial charge is 0.228 e. The molecule has 2 aromatic rings.